The molecule has 1 rings (SSSR count). The van der Waals surface area contributed by atoms with Crippen molar-refractivity contribution in [3.05, 3.63) is 24.3 Å². The molecule has 110 valence electrons. The van der Waals surface area contributed by atoms with Crippen LogP contribution in [-0.2, 0) is 4.79 Å². The summed E-state index contributed by atoms with van der Waals surface area (Å²) in [5.41, 5.74) is 0. The molecule has 0 saturated heterocycles. The van der Waals surface area contributed by atoms with E-state index in [-0.39, 0.29) is 12.6 Å². The minimum Gasteiger partial charge on any atom is -0.494 e. The Balaban J connectivity index is 2.35. The number of rotatable bonds is 6. The highest BCUT2D eigenvalue weighted by molar-refractivity contribution is 5.95. The van der Waals surface area contributed by atoms with Crippen LogP contribution in [-0.4, -0.2) is 31.2 Å². The molecule has 0 bridgehead atoms. The van der Waals surface area contributed by atoms with Gasteiger partial charge in [0, 0.05) is 6.04 Å². The maximum Gasteiger partial charge on any atom is 0.321 e. The van der Waals surface area contributed by atoms with E-state index in [1.54, 1.807) is 38.1 Å². The Morgan fingerprint density at radius 3 is 2.15 bits per heavy atom. The zero-order valence-electron chi connectivity index (χ0n) is 11.9. The van der Waals surface area contributed by atoms with E-state index in [4.69, 9.17) is 9.47 Å². The lowest BCUT2D eigenvalue weighted by Crippen LogP contribution is -2.44. The second-order valence-corrected chi connectivity index (χ2v) is 4.37. The first-order chi connectivity index (χ1) is 9.51. The monoisotopic (exact) mass is 280 g/mol. The maximum absolute atomic E-state index is 11.5. The molecule has 0 atom stereocenters. The van der Waals surface area contributed by atoms with Gasteiger partial charge in [-0.25, -0.2) is 4.79 Å². The number of benzene rings is 1. The molecule has 0 spiro atoms. The Morgan fingerprint density at radius 1 is 1.10 bits per heavy atom. The van der Waals surface area contributed by atoms with E-state index in [0.29, 0.717) is 12.4 Å². The van der Waals surface area contributed by atoms with E-state index in [1.165, 1.54) is 0 Å². The van der Waals surface area contributed by atoms with Crippen LogP contribution < -0.4 is 20.1 Å². The van der Waals surface area contributed by atoms with Gasteiger partial charge in [-0.15, -0.1) is 0 Å². The van der Waals surface area contributed by atoms with E-state index in [2.05, 4.69) is 10.6 Å². The Hall–Kier alpha value is -2.24. The van der Waals surface area contributed by atoms with Gasteiger partial charge in [0.15, 0.2) is 6.61 Å². The molecule has 0 aliphatic heterocycles. The van der Waals surface area contributed by atoms with Crippen molar-refractivity contribution in [1.82, 2.24) is 10.6 Å². The third-order valence-electron chi connectivity index (χ3n) is 2.18. The number of ether oxygens (including phenoxy) is 2. The molecule has 6 nitrogen and oxygen atoms in total. The van der Waals surface area contributed by atoms with Gasteiger partial charge in [0.25, 0.3) is 5.91 Å². The highest BCUT2D eigenvalue weighted by atomic mass is 16.5. The highest BCUT2D eigenvalue weighted by Gasteiger charge is 2.09. The van der Waals surface area contributed by atoms with E-state index in [9.17, 15) is 9.59 Å². The number of nitrogens with one attached hydrogen (secondary N) is 2. The SMILES string of the molecule is CCOc1ccc(OCC(=O)NC(=O)NC(C)C)cc1. The van der Waals surface area contributed by atoms with Gasteiger partial charge >= 0.3 is 6.03 Å². The molecule has 0 aliphatic carbocycles. The zero-order valence-corrected chi connectivity index (χ0v) is 11.9. The molecule has 20 heavy (non-hydrogen) atoms. The zero-order chi connectivity index (χ0) is 15.0. The average molecular weight is 280 g/mol. The number of urea groups is 1. The van der Waals surface area contributed by atoms with Crippen LogP contribution in [0.3, 0.4) is 0 Å². The van der Waals surface area contributed by atoms with Crippen LogP contribution in [0.4, 0.5) is 4.79 Å². The fourth-order valence-corrected chi connectivity index (χ4v) is 1.41. The van der Waals surface area contributed by atoms with Crippen molar-refractivity contribution < 1.29 is 19.1 Å². The van der Waals surface area contributed by atoms with Crippen LogP contribution in [0, 0.1) is 0 Å². The number of amides is 3. The number of hydrogen-bond donors (Lipinski definition) is 2. The molecule has 0 saturated carbocycles. The molecule has 1 aromatic carbocycles. The quantitative estimate of drug-likeness (QED) is 0.831. The van der Waals surface area contributed by atoms with Crippen molar-refractivity contribution >= 4 is 11.9 Å². The number of carbonyl (C=O) groups excluding carboxylic acids is 2. The minimum absolute atomic E-state index is 0.0326. The third kappa shape index (κ3) is 6.08. The van der Waals surface area contributed by atoms with Crippen molar-refractivity contribution in [3.63, 3.8) is 0 Å². The number of carbonyl (C=O) groups is 2. The van der Waals surface area contributed by atoms with Crippen LogP contribution >= 0.6 is 0 Å². The summed E-state index contributed by atoms with van der Waals surface area (Å²) in [6.07, 6.45) is 0. The summed E-state index contributed by atoms with van der Waals surface area (Å²) in [4.78, 5) is 22.7. The molecular formula is C14H20N2O4. The standard InChI is InChI=1S/C14H20N2O4/c1-4-19-11-5-7-12(8-6-11)20-9-13(17)16-14(18)15-10(2)3/h5-8,10H,4,9H2,1-3H3,(H2,15,16,17,18). The fraction of sp³-hybridized carbons (Fsp3) is 0.429. The van der Waals surface area contributed by atoms with E-state index >= 15 is 0 Å². The molecule has 0 aromatic heterocycles. The topological polar surface area (TPSA) is 76.7 Å². The van der Waals surface area contributed by atoms with Crippen molar-refractivity contribution in [1.29, 1.82) is 0 Å². The molecule has 3 amide bonds. The van der Waals surface area contributed by atoms with Gasteiger partial charge in [0.1, 0.15) is 11.5 Å². The molecule has 0 fully saturated rings. The Kier molecular flexibility index (Phi) is 6.36. The largest absolute Gasteiger partial charge is 0.494 e. The lowest BCUT2D eigenvalue weighted by Gasteiger charge is -2.10. The molecule has 0 radical (unpaired) electrons. The second kappa shape index (κ2) is 8.04. The predicted octanol–water partition coefficient (Wildman–Crippen LogP) is 1.70. The van der Waals surface area contributed by atoms with Gasteiger partial charge in [-0.2, -0.15) is 0 Å². The summed E-state index contributed by atoms with van der Waals surface area (Å²) in [6.45, 7) is 5.88. The third-order valence-corrected chi connectivity index (χ3v) is 2.18. The van der Waals surface area contributed by atoms with Crippen molar-refractivity contribution in [3.8, 4) is 11.5 Å². The van der Waals surface area contributed by atoms with Crippen LogP contribution in [0.5, 0.6) is 11.5 Å². The Morgan fingerprint density at radius 2 is 1.65 bits per heavy atom. The van der Waals surface area contributed by atoms with Crippen molar-refractivity contribution in [2.75, 3.05) is 13.2 Å². The molecular weight excluding hydrogens is 260 g/mol. The van der Waals surface area contributed by atoms with Gasteiger partial charge in [-0.1, -0.05) is 0 Å². The summed E-state index contributed by atoms with van der Waals surface area (Å²) in [5, 5.41) is 4.72. The smallest absolute Gasteiger partial charge is 0.321 e. The van der Waals surface area contributed by atoms with Gasteiger partial charge in [0.05, 0.1) is 6.61 Å². The van der Waals surface area contributed by atoms with Gasteiger partial charge in [-0.05, 0) is 45.0 Å². The van der Waals surface area contributed by atoms with Crippen LogP contribution in [0.15, 0.2) is 24.3 Å². The second-order valence-electron chi connectivity index (χ2n) is 4.37. The molecule has 0 unspecified atom stereocenters. The molecule has 0 aliphatic rings. The summed E-state index contributed by atoms with van der Waals surface area (Å²) < 4.78 is 10.5. The van der Waals surface area contributed by atoms with Gasteiger partial charge in [-0.3, -0.25) is 10.1 Å². The van der Waals surface area contributed by atoms with Crippen LogP contribution in [0.25, 0.3) is 0 Å². The fourth-order valence-electron chi connectivity index (χ4n) is 1.41. The first-order valence-electron chi connectivity index (χ1n) is 6.47. The first kappa shape index (κ1) is 15.8. The average Bonchev–Trinajstić information content (AvgIpc) is 2.37. The summed E-state index contributed by atoms with van der Waals surface area (Å²) in [6, 6.07) is 6.35. The maximum atomic E-state index is 11.5. The van der Waals surface area contributed by atoms with E-state index in [1.807, 2.05) is 6.92 Å². The lowest BCUT2D eigenvalue weighted by molar-refractivity contribution is -0.122. The minimum atomic E-state index is -0.528. The molecule has 2 N–H and O–H groups in total. The molecule has 1 aromatic rings. The van der Waals surface area contributed by atoms with Crippen molar-refractivity contribution in [2.24, 2.45) is 0 Å². The highest BCUT2D eigenvalue weighted by Crippen LogP contribution is 2.17. The predicted molar refractivity (Wildman–Crippen MR) is 74.9 cm³/mol. The Bertz CT molecular complexity index is 443. The van der Waals surface area contributed by atoms with Gasteiger partial charge in [0.2, 0.25) is 0 Å². The number of imide groups is 1. The lowest BCUT2D eigenvalue weighted by atomic mass is 10.3. The first-order valence-corrected chi connectivity index (χ1v) is 6.47. The van der Waals surface area contributed by atoms with Gasteiger partial charge < -0.3 is 14.8 Å². The van der Waals surface area contributed by atoms with Crippen LogP contribution in [0.2, 0.25) is 0 Å². The summed E-state index contributed by atoms with van der Waals surface area (Å²) >= 11 is 0. The Labute approximate surface area is 118 Å². The molecule has 0 heterocycles. The van der Waals surface area contributed by atoms with Crippen molar-refractivity contribution in [2.45, 2.75) is 26.8 Å². The molecule has 6 heteroatoms. The van der Waals surface area contributed by atoms with E-state index < -0.39 is 11.9 Å². The number of hydrogen-bond acceptors (Lipinski definition) is 4. The van der Waals surface area contributed by atoms with E-state index in [0.717, 1.165) is 5.75 Å². The summed E-state index contributed by atoms with van der Waals surface area (Å²) in [5.74, 6) is 0.769. The summed E-state index contributed by atoms with van der Waals surface area (Å²) in [7, 11) is 0. The van der Waals surface area contributed by atoms with Crippen LogP contribution in [0.1, 0.15) is 20.8 Å². The normalized spacial score (nSPS) is 10.0.